The van der Waals surface area contributed by atoms with Gasteiger partial charge in [0.25, 0.3) is 10.0 Å². The number of aromatic nitrogens is 1. The average molecular weight is 287 g/mol. The van der Waals surface area contributed by atoms with Gasteiger partial charge in [-0.2, -0.15) is 4.31 Å². The second-order valence-electron chi connectivity index (χ2n) is 4.70. The van der Waals surface area contributed by atoms with Crippen molar-refractivity contribution >= 4 is 10.0 Å². The first kappa shape index (κ1) is 14.4. The SMILES string of the molecule is CNCC1CCN(S(=O)(=O)c2ncccc2F)CC1. The monoisotopic (exact) mass is 287 g/mol. The van der Waals surface area contributed by atoms with Crippen LogP contribution in [-0.2, 0) is 10.0 Å². The molecule has 0 radical (unpaired) electrons. The van der Waals surface area contributed by atoms with E-state index in [4.69, 9.17) is 0 Å². The van der Waals surface area contributed by atoms with E-state index in [0.717, 1.165) is 25.5 Å². The van der Waals surface area contributed by atoms with E-state index in [9.17, 15) is 12.8 Å². The minimum atomic E-state index is -3.80. The lowest BCUT2D eigenvalue weighted by atomic mass is 9.98. The van der Waals surface area contributed by atoms with Gasteiger partial charge in [0.2, 0.25) is 5.03 Å². The number of sulfonamides is 1. The summed E-state index contributed by atoms with van der Waals surface area (Å²) in [5.41, 5.74) is 0. The molecule has 5 nitrogen and oxygen atoms in total. The summed E-state index contributed by atoms with van der Waals surface area (Å²) in [7, 11) is -1.92. The average Bonchev–Trinajstić information content (AvgIpc) is 2.40. The van der Waals surface area contributed by atoms with Gasteiger partial charge in [-0.05, 0) is 44.5 Å². The van der Waals surface area contributed by atoms with E-state index in [1.54, 1.807) is 0 Å². The predicted molar refractivity (Wildman–Crippen MR) is 69.6 cm³/mol. The van der Waals surface area contributed by atoms with E-state index < -0.39 is 20.9 Å². The quantitative estimate of drug-likeness (QED) is 0.891. The first-order chi connectivity index (χ1) is 9.05. The summed E-state index contributed by atoms with van der Waals surface area (Å²) in [6, 6.07) is 2.50. The minimum absolute atomic E-state index is 0.421. The van der Waals surface area contributed by atoms with Crippen molar-refractivity contribution in [1.29, 1.82) is 0 Å². The van der Waals surface area contributed by atoms with Crippen molar-refractivity contribution in [1.82, 2.24) is 14.6 Å². The summed E-state index contributed by atoms with van der Waals surface area (Å²) in [5, 5.41) is 2.62. The molecule has 1 N–H and O–H groups in total. The van der Waals surface area contributed by atoms with E-state index >= 15 is 0 Å². The number of nitrogens with one attached hydrogen (secondary N) is 1. The summed E-state index contributed by atoms with van der Waals surface area (Å²) < 4.78 is 39.4. The zero-order valence-corrected chi connectivity index (χ0v) is 11.7. The highest BCUT2D eigenvalue weighted by Gasteiger charge is 2.31. The molecule has 1 fully saturated rings. The summed E-state index contributed by atoms with van der Waals surface area (Å²) in [6.07, 6.45) is 2.87. The van der Waals surface area contributed by atoms with E-state index in [-0.39, 0.29) is 0 Å². The van der Waals surface area contributed by atoms with Crippen LogP contribution < -0.4 is 5.32 Å². The van der Waals surface area contributed by atoms with Crippen molar-refractivity contribution < 1.29 is 12.8 Å². The maximum absolute atomic E-state index is 13.6. The normalized spacial score (nSPS) is 18.6. The van der Waals surface area contributed by atoms with Crippen LogP contribution in [0.25, 0.3) is 0 Å². The fourth-order valence-corrected chi connectivity index (χ4v) is 3.77. The van der Waals surface area contributed by atoms with Crippen molar-refractivity contribution in [2.75, 3.05) is 26.7 Å². The van der Waals surface area contributed by atoms with Crippen LogP contribution in [0.3, 0.4) is 0 Å². The Morgan fingerprint density at radius 2 is 2.16 bits per heavy atom. The zero-order chi connectivity index (χ0) is 13.9. The maximum Gasteiger partial charge on any atom is 0.263 e. The van der Waals surface area contributed by atoms with Gasteiger partial charge >= 0.3 is 0 Å². The third-order valence-corrected chi connectivity index (χ3v) is 5.21. The topological polar surface area (TPSA) is 62.3 Å². The highest BCUT2D eigenvalue weighted by molar-refractivity contribution is 7.89. The summed E-state index contributed by atoms with van der Waals surface area (Å²) in [5.74, 6) is -0.315. The largest absolute Gasteiger partial charge is 0.319 e. The summed E-state index contributed by atoms with van der Waals surface area (Å²) in [4.78, 5) is 3.66. The Bertz CT molecular complexity index is 528. The van der Waals surface area contributed by atoms with Crippen LogP contribution in [0.5, 0.6) is 0 Å². The van der Waals surface area contributed by atoms with Gasteiger partial charge in [-0.1, -0.05) is 0 Å². The van der Waals surface area contributed by atoms with Crippen LogP contribution in [0.2, 0.25) is 0 Å². The van der Waals surface area contributed by atoms with Crippen molar-refractivity contribution in [3.8, 4) is 0 Å². The lowest BCUT2D eigenvalue weighted by Crippen LogP contribution is -2.40. The highest BCUT2D eigenvalue weighted by Crippen LogP contribution is 2.23. The smallest absolute Gasteiger partial charge is 0.263 e. The Morgan fingerprint density at radius 3 is 2.74 bits per heavy atom. The molecule has 19 heavy (non-hydrogen) atoms. The Kier molecular flexibility index (Phi) is 4.49. The molecule has 0 saturated carbocycles. The fourth-order valence-electron chi connectivity index (χ4n) is 2.33. The van der Waals surface area contributed by atoms with Crippen LogP contribution >= 0.6 is 0 Å². The molecular formula is C12H18FN3O2S. The molecule has 0 unspecified atom stereocenters. The van der Waals surface area contributed by atoms with Crippen LogP contribution in [0.15, 0.2) is 23.4 Å². The molecule has 2 heterocycles. The number of hydrogen-bond donors (Lipinski definition) is 1. The minimum Gasteiger partial charge on any atom is -0.319 e. The van der Waals surface area contributed by atoms with Crippen molar-refractivity contribution in [2.24, 2.45) is 5.92 Å². The lowest BCUT2D eigenvalue weighted by molar-refractivity contribution is 0.269. The molecular weight excluding hydrogens is 269 g/mol. The molecule has 0 spiro atoms. The van der Waals surface area contributed by atoms with Crippen molar-refractivity contribution in [2.45, 2.75) is 17.9 Å². The Balaban J connectivity index is 2.12. The molecule has 0 amide bonds. The molecule has 106 valence electrons. The summed E-state index contributed by atoms with van der Waals surface area (Å²) >= 11 is 0. The number of rotatable bonds is 4. The molecule has 0 aromatic carbocycles. The molecule has 1 aliphatic heterocycles. The second kappa shape index (κ2) is 5.94. The molecule has 2 rings (SSSR count). The first-order valence-corrected chi connectivity index (χ1v) is 7.75. The van der Waals surface area contributed by atoms with Gasteiger partial charge in [0.05, 0.1) is 0 Å². The number of pyridine rings is 1. The maximum atomic E-state index is 13.6. The molecule has 1 aliphatic rings. The third kappa shape index (κ3) is 3.10. The highest BCUT2D eigenvalue weighted by atomic mass is 32.2. The zero-order valence-electron chi connectivity index (χ0n) is 10.8. The van der Waals surface area contributed by atoms with E-state index in [1.807, 2.05) is 7.05 Å². The summed E-state index contributed by atoms with van der Waals surface area (Å²) in [6.45, 7) is 1.72. The van der Waals surface area contributed by atoms with Gasteiger partial charge in [-0.3, -0.25) is 0 Å². The van der Waals surface area contributed by atoms with Gasteiger partial charge in [0.15, 0.2) is 5.82 Å². The fraction of sp³-hybridized carbons (Fsp3) is 0.583. The molecule has 0 atom stereocenters. The molecule has 0 bridgehead atoms. The van der Waals surface area contributed by atoms with E-state index in [0.29, 0.717) is 19.0 Å². The van der Waals surface area contributed by atoms with Crippen LogP contribution in [0.1, 0.15) is 12.8 Å². The van der Waals surface area contributed by atoms with Gasteiger partial charge in [-0.25, -0.2) is 17.8 Å². The van der Waals surface area contributed by atoms with Gasteiger partial charge < -0.3 is 5.32 Å². The third-order valence-electron chi connectivity index (χ3n) is 3.38. The van der Waals surface area contributed by atoms with Crippen LogP contribution in [0.4, 0.5) is 4.39 Å². The van der Waals surface area contributed by atoms with E-state index in [1.165, 1.54) is 16.6 Å². The Morgan fingerprint density at radius 1 is 1.47 bits per heavy atom. The molecule has 0 aliphatic carbocycles. The molecule has 7 heteroatoms. The molecule has 1 aromatic heterocycles. The molecule has 1 saturated heterocycles. The lowest BCUT2D eigenvalue weighted by Gasteiger charge is -2.30. The van der Waals surface area contributed by atoms with Crippen molar-refractivity contribution in [3.05, 3.63) is 24.1 Å². The standard InChI is InChI=1S/C12H18FN3O2S/c1-14-9-10-4-7-16(8-5-10)19(17,18)12-11(13)3-2-6-15-12/h2-3,6,10,14H,4-5,7-9H2,1H3. The second-order valence-corrected chi connectivity index (χ2v) is 6.55. The van der Waals surface area contributed by atoms with Crippen LogP contribution in [0, 0.1) is 11.7 Å². The van der Waals surface area contributed by atoms with Gasteiger partial charge in [0, 0.05) is 19.3 Å². The number of nitrogens with zero attached hydrogens (tertiary/aromatic N) is 2. The number of piperidine rings is 1. The Labute approximate surface area is 112 Å². The predicted octanol–water partition coefficient (Wildman–Crippen LogP) is 0.841. The van der Waals surface area contributed by atoms with E-state index in [2.05, 4.69) is 10.3 Å². The first-order valence-electron chi connectivity index (χ1n) is 6.31. The number of halogens is 1. The Hall–Kier alpha value is -1.05. The van der Waals surface area contributed by atoms with Gasteiger partial charge in [0.1, 0.15) is 0 Å². The van der Waals surface area contributed by atoms with Crippen molar-refractivity contribution in [3.63, 3.8) is 0 Å². The van der Waals surface area contributed by atoms with Crippen LogP contribution in [-0.4, -0.2) is 44.4 Å². The van der Waals surface area contributed by atoms with Gasteiger partial charge in [-0.15, -0.1) is 0 Å². The number of hydrogen-bond acceptors (Lipinski definition) is 4. The molecule has 1 aromatic rings.